The van der Waals surface area contributed by atoms with E-state index in [1.54, 1.807) is 12.3 Å². The monoisotopic (exact) mass is 225 g/mol. The second kappa shape index (κ2) is 3.90. The molecule has 0 saturated carbocycles. The third-order valence-corrected chi connectivity index (χ3v) is 1.96. The molecule has 2 rings (SSSR count). The number of pyridine rings is 1. The number of hydrogen-bond acceptors (Lipinski definition) is 3. The fraction of sp³-hybridized carbons (Fsp3) is 0. The molecule has 0 unspecified atom stereocenters. The number of halogens is 2. The van der Waals surface area contributed by atoms with Crippen molar-refractivity contribution in [2.24, 2.45) is 0 Å². The summed E-state index contributed by atoms with van der Waals surface area (Å²) in [6.45, 7) is 0. The first kappa shape index (κ1) is 9.37. The minimum Gasteiger partial charge on any atom is -0.255 e. The van der Waals surface area contributed by atoms with Gasteiger partial charge in [-0.05, 0) is 23.7 Å². The largest absolute Gasteiger partial charge is 0.255 e. The summed E-state index contributed by atoms with van der Waals surface area (Å²) >= 11 is 11.4. The van der Waals surface area contributed by atoms with Gasteiger partial charge in [0.2, 0.25) is 5.28 Å². The standard InChI is InChI=1S/C9H5Cl2N3/c10-8-5-7(13-9(11)14-8)6-3-1-2-4-12-6/h1-5H. The van der Waals surface area contributed by atoms with Gasteiger partial charge in [-0.1, -0.05) is 17.7 Å². The Morgan fingerprint density at radius 3 is 2.50 bits per heavy atom. The van der Waals surface area contributed by atoms with Crippen molar-refractivity contribution in [3.05, 3.63) is 40.9 Å². The van der Waals surface area contributed by atoms with Crippen LogP contribution in [0.4, 0.5) is 0 Å². The molecule has 0 spiro atoms. The van der Waals surface area contributed by atoms with Crippen LogP contribution in [-0.2, 0) is 0 Å². The van der Waals surface area contributed by atoms with Gasteiger partial charge in [-0.2, -0.15) is 0 Å². The molecule has 2 aromatic rings. The maximum atomic E-state index is 5.74. The third kappa shape index (κ3) is 2.00. The van der Waals surface area contributed by atoms with E-state index >= 15 is 0 Å². The van der Waals surface area contributed by atoms with Crippen molar-refractivity contribution < 1.29 is 0 Å². The summed E-state index contributed by atoms with van der Waals surface area (Å²) in [5.74, 6) is 0. The van der Waals surface area contributed by atoms with Gasteiger partial charge >= 0.3 is 0 Å². The molecule has 3 nitrogen and oxygen atoms in total. The zero-order valence-corrected chi connectivity index (χ0v) is 8.50. The zero-order valence-electron chi connectivity index (χ0n) is 6.98. The van der Waals surface area contributed by atoms with Crippen molar-refractivity contribution in [3.8, 4) is 11.4 Å². The maximum absolute atomic E-state index is 5.74. The summed E-state index contributed by atoms with van der Waals surface area (Å²) in [7, 11) is 0. The Kier molecular flexibility index (Phi) is 2.61. The van der Waals surface area contributed by atoms with Gasteiger partial charge in [-0.3, -0.25) is 4.98 Å². The molecule has 0 saturated heterocycles. The van der Waals surface area contributed by atoms with Crippen molar-refractivity contribution in [2.45, 2.75) is 0 Å². The van der Waals surface area contributed by atoms with Crippen LogP contribution < -0.4 is 0 Å². The van der Waals surface area contributed by atoms with Gasteiger partial charge < -0.3 is 0 Å². The van der Waals surface area contributed by atoms with E-state index in [4.69, 9.17) is 23.2 Å². The molecule has 2 aromatic heterocycles. The van der Waals surface area contributed by atoms with Crippen LogP contribution in [0, 0.1) is 0 Å². The molecular weight excluding hydrogens is 221 g/mol. The second-order valence-electron chi connectivity index (χ2n) is 2.56. The summed E-state index contributed by atoms with van der Waals surface area (Å²) in [6, 6.07) is 7.14. The van der Waals surface area contributed by atoms with Crippen LogP contribution in [0.15, 0.2) is 30.5 Å². The highest BCUT2D eigenvalue weighted by atomic mass is 35.5. The summed E-state index contributed by atoms with van der Waals surface area (Å²) in [5, 5.41) is 0.434. The quantitative estimate of drug-likeness (QED) is 0.554. The van der Waals surface area contributed by atoms with Crippen LogP contribution in [0.2, 0.25) is 10.4 Å². The lowest BCUT2D eigenvalue weighted by Gasteiger charge is -1.99. The molecule has 5 heteroatoms. The second-order valence-corrected chi connectivity index (χ2v) is 3.29. The normalized spacial score (nSPS) is 10.1. The van der Waals surface area contributed by atoms with E-state index in [1.807, 2.05) is 18.2 Å². The fourth-order valence-corrected chi connectivity index (χ4v) is 1.44. The van der Waals surface area contributed by atoms with Gasteiger partial charge in [0.05, 0.1) is 11.4 Å². The first-order valence-electron chi connectivity index (χ1n) is 3.87. The molecular formula is C9H5Cl2N3. The smallest absolute Gasteiger partial charge is 0.224 e. The molecule has 0 bridgehead atoms. The SMILES string of the molecule is Clc1cc(-c2ccccn2)nc(Cl)n1. The van der Waals surface area contributed by atoms with Crippen LogP contribution in [0.1, 0.15) is 0 Å². The highest BCUT2D eigenvalue weighted by Crippen LogP contribution is 2.18. The Balaban J connectivity index is 2.52. The molecule has 70 valence electrons. The van der Waals surface area contributed by atoms with E-state index in [2.05, 4.69) is 15.0 Å². The molecule has 0 amide bonds. The van der Waals surface area contributed by atoms with Gasteiger partial charge in [0.25, 0.3) is 0 Å². The van der Waals surface area contributed by atoms with Crippen molar-refractivity contribution in [1.82, 2.24) is 15.0 Å². The van der Waals surface area contributed by atoms with Gasteiger partial charge in [0, 0.05) is 12.3 Å². The van der Waals surface area contributed by atoms with E-state index in [-0.39, 0.29) is 5.28 Å². The number of aromatic nitrogens is 3. The lowest BCUT2D eigenvalue weighted by Crippen LogP contribution is -1.89. The Labute approximate surface area is 90.8 Å². The molecule has 2 heterocycles. The van der Waals surface area contributed by atoms with E-state index < -0.39 is 0 Å². The molecule has 0 aliphatic carbocycles. The number of rotatable bonds is 1. The summed E-state index contributed by atoms with van der Waals surface area (Å²) in [4.78, 5) is 11.9. The van der Waals surface area contributed by atoms with Crippen molar-refractivity contribution >= 4 is 23.2 Å². The summed E-state index contributed by atoms with van der Waals surface area (Å²) in [6.07, 6.45) is 1.68. The van der Waals surface area contributed by atoms with Crippen LogP contribution >= 0.6 is 23.2 Å². The van der Waals surface area contributed by atoms with Gasteiger partial charge in [0.15, 0.2) is 0 Å². The van der Waals surface area contributed by atoms with Crippen LogP contribution in [0.5, 0.6) is 0 Å². The average molecular weight is 226 g/mol. The Hall–Kier alpha value is -1.19. The van der Waals surface area contributed by atoms with Gasteiger partial charge in [0.1, 0.15) is 5.15 Å². The lowest BCUT2D eigenvalue weighted by molar-refractivity contribution is 1.15. The molecule has 0 fully saturated rings. The van der Waals surface area contributed by atoms with E-state index in [0.717, 1.165) is 5.69 Å². The Morgan fingerprint density at radius 1 is 1.00 bits per heavy atom. The molecule has 0 aliphatic heterocycles. The predicted octanol–water partition coefficient (Wildman–Crippen LogP) is 2.85. The first-order valence-corrected chi connectivity index (χ1v) is 4.63. The predicted molar refractivity (Wildman–Crippen MR) is 55.3 cm³/mol. The minimum atomic E-state index is 0.123. The molecule has 0 N–H and O–H groups in total. The van der Waals surface area contributed by atoms with Crippen molar-refractivity contribution in [3.63, 3.8) is 0 Å². The number of nitrogens with zero attached hydrogens (tertiary/aromatic N) is 3. The molecule has 0 radical (unpaired) electrons. The summed E-state index contributed by atoms with van der Waals surface area (Å²) in [5.41, 5.74) is 1.34. The third-order valence-electron chi connectivity index (χ3n) is 1.59. The maximum Gasteiger partial charge on any atom is 0.224 e. The molecule has 0 aromatic carbocycles. The molecule has 14 heavy (non-hydrogen) atoms. The van der Waals surface area contributed by atoms with Crippen LogP contribution in [0.3, 0.4) is 0 Å². The zero-order chi connectivity index (χ0) is 9.97. The topological polar surface area (TPSA) is 38.7 Å². The van der Waals surface area contributed by atoms with E-state index in [9.17, 15) is 0 Å². The minimum absolute atomic E-state index is 0.123. The van der Waals surface area contributed by atoms with Crippen LogP contribution in [-0.4, -0.2) is 15.0 Å². The average Bonchev–Trinajstić information content (AvgIpc) is 2.18. The summed E-state index contributed by atoms with van der Waals surface area (Å²) < 4.78 is 0. The van der Waals surface area contributed by atoms with Gasteiger partial charge in [-0.25, -0.2) is 9.97 Å². The highest BCUT2D eigenvalue weighted by molar-refractivity contribution is 6.32. The Bertz CT molecular complexity index is 425. The van der Waals surface area contributed by atoms with Crippen molar-refractivity contribution in [1.29, 1.82) is 0 Å². The van der Waals surface area contributed by atoms with Crippen molar-refractivity contribution in [2.75, 3.05) is 0 Å². The Morgan fingerprint density at radius 2 is 1.86 bits per heavy atom. The highest BCUT2D eigenvalue weighted by Gasteiger charge is 2.03. The number of hydrogen-bond donors (Lipinski definition) is 0. The molecule has 0 aliphatic rings. The molecule has 0 atom stereocenters. The van der Waals surface area contributed by atoms with E-state index in [0.29, 0.717) is 10.8 Å². The first-order chi connectivity index (χ1) is 6.75. The lowest BCUT2D eigenvalue weighted by atomic mass is 10.3. The van der Waals surface area contributed by atoms with E-state index in [1.165, 1.54) is 0 Å². The van der Waals surface area contributed by atoms with Crippen LogP contribution in [0.25, 0.3) is 11.4 Å². The van der Waals surface area contributed by atoms with Gasteiger partial charge in [-0.15, -0.1) is 0 Å². The fourth-order valence-electron chi connectivity index (χ4n) is 1.04.